The number of carbonyl (C=O) groups excluding carboxylic acids is 3. The predicted molar refractivity (Wildman–Crippen MR) is 270 cm³/mol. The number of ether oxygens (including phenoxy) is 3. The SMILES string of the molecule is CCCCCCCCC/C=C\C=C/CCCCCCCC(=O)OCC(COC(=O)CCCCCCCCCCCCCC)OC(=O)CCCCCCCCCCCCCCCCC. The molecule has 0 N–H and O–H groups in total. The molecule has 0 saturated carbocycles. The van der Waals surface area contributed by atoms with Crippen molar-refractivity contribution in [3.8, 4) is 0 Å². The van der Waals surface area contributed by atoms with Crippen molar-refractivity contribution in [3.05, 3.63) is 24.3 Å². The average molecular weight is 887 g/mol. The molecule has 0 heterocycles. The molecule has 1 atom stereocenters. The van der Waals surface area contributed by atoms with E-state index in [0.717, 1.165) is 77.0 Å². The van der Waals surface area contributed by atoms with E-state index >= 15 is 0 Å². The third-order valence-electron chi connectivity index (χ3n) is 12.5. The number of hydrogen-bond donors (Lipinski definition) is 0. The molecule has 0 bridgehead atoms. The summed E-state index contributed by atoms with van der Waals surface area (Å²) >= 11 is 0. The molecule has 6 nitrogen and oxygen atoms in total. The van der Waals surface area contributed by atoms with Crippen LogP contribution < -0.4 is 0 Å². The van der Waals surface area contributed by atoms with E-state index in [9.17, 15) is 14.4 Å². The Morgan fingerprint density at radius 2 is 0.556 bits per heavy atom. The Bertz CT molecular complexity index is 1020. The van der Waals surface area contributed by atoms with Crippen molar-refractivity contribution in [3.63, 3.8) is 0 Å². The fourth-order valence-electron chi connectivity index (χ4n) is 8.26. The smallest absolute Gasteiger partial charge is 0.306 e. The lowest BCUT2D eigenvalue weighted by Crippen LogP contribution is -2.30. The number of hydrogen-bond acceptors (Lipinski definition) is 6. The van der Waals surface area contributed by atoms with Crippen molar-refractivity contribution >= 4 is 17.9 Å². The second kappa shape index (κ2) is 52.5. The quantitative estimate of drug-likeness (QED) is 0.0262. The highest BCUT2D eigenvalue weighted by Crippen LogP contribution is 2.16. The van der Waals surface area contributed by atoms with Crippen LogP contribution in [0.5, 0.6) is 0 Å². The lowest BCUT2D eigenvalue weighted by Gasteiger charge is -2.18. The number of allylic oxidation sites excluding steroid dienone is 4. The fourth-order valence-corrected chi connectivity index (χ4v) is 8.26. The first-order valence-electron chi connectivity index (χ1n) is 27.9. The van der Waals surface area contributed by atoms with Crippen LogP contribution in [0.15, 0.2) is 24.3 Å². The van der Waals surface area contributed by atoms with Crippen molar-refractivity contribution in [1.82, 2.24) is 0 Å². The summed E-state index contributed by atoms with van der Waals surface area (Å²) < 4.78 is 16.8. The highest BCUT2D eigenvalue weighted by Gasteiger charge is 2.19. The highest BCUT2D eigenvalue weighted by molar-refractivity contribution is 5.71. The van der Waals surface area contributed by atoms with E-state index in [1.54, 1.807) is 0 Å². The molecule has 0 saturated heterocycles. The van der Waals surface area contributed by atoms with Gasteiger partial charge in [0.05, 0.1) is 0 Å². The Hall–Kier alpha value is -2.11. The Labute approximate surface area is 392 Å². The summed E-state index contributed by atoms with van der Waals surface area (Å²) in [6, 6.07) is 0. The van der Waals surface area contributed by atoms with Gasteiger partial charge in [0.15, 0.2) is 6.10 Å². The third-order valence-corrected chi connectivity index (χ3v) is 12.5. The van der Waals surface area contributed by atoms with Crippen LogP contribution in [0.4, 0.5) is 0 Å². The van der Waals surface area contributed by atoms with Crippen LogP contribution in [0.25, 0.3) is 0 Å². The lowest BCUT2D eigenvalue weighted by molar-refractivity contribution is -0.167. The first-order chi connectivity index (χ1) is 31.0. The summed E-state index contributed by atoms with van der Waals surface area (Å²) in [6.07, 6.45) is 60.2. The Morgan fingerprint density at radius 1 is 0.317 bits per heavy atom. The molecular weight excluding hydrogens is 781 g/mol. The Balaban J connectivity index is 4.34. The van der Waals surface area contributed by atoms with E-state index in [1.807, 2.05) is 0 Å². The number of rotatable bonds is 51. The molecule has 0 radical (unpaired) electrons. The van der Waals surface area contributed by atoms with E-state index in [2.05, 4.69) is 45.1 Å². The van der Waals surface area contributed by atoms with Crippen LogP contribution in [-0.2, 0) is 28.6 Å². The standard InChI is InChI=1S/C57H106O6/c1-4-7-10-13-16-19-22-25-27-28-29-31-32-35-38-41-44-47-50-56(59)62-53-54(52-61-55(58)49-46-43-40-37-34-24-21-18-15-12-9-6-3)63-57(60)51-48-45-42-39-36-33-30-26-23-20-17-14-11-8-5-2/h27-29,31,54H,4-26,30,32-53H2,1-3H3/b28-27-,31-29-. The van der Waals surface area contributed by atoms with Gasteiger partial charge in [-0.05, 0) is 44.9 Å². The van der Waals surface area contributed by atoms with E-state index in [0.29, 0.717) is 19.3 Å². The van der Waals surface area contributed by atoms with E-state index in [4.69, 9.17) is 14.2 Å². The number of carbonyl (C=O) groups is 3. The van der Waals surface area contributed by atoms with Gasteiger partial charge in [0, 0.05) is 19.3 Å². The zero-order chi connectivity index (χ0) is 45.8. The Kier molecular flexibility index (Phi) is 50.8. The second-order valence-corrected chi connectivity index (χ2v) is 18.9. The molecule has 0 aliphatic rings. The van der Waals surface area contributed by atoms with Crippen molar-refractivity contribution in [2.24, 2.45) is 0 Å². The van der Waals surface area contributed by atoms with Gasteiger partial charge >= 0.3 is 17.9 Å². The van der Waals surface area contributed by atoms with Gasteiger partial charge in [-0.15, -0.1) is 0 Å². The summed E-state index contributed by atoms with van der Waals surface area (Å²) in [5, 5.41) is 0. The van der Waals surface area contributed by atoms with Gasteiger partial charge in [-0.3, -0.25) is 14.4 Å². The summed E-state index contributed by atoms with van der Waals surface area (Å²) in [5.41, 5.74) is 0. The zero-order valence-corrected chi connectivity index (χ0v) is 42.4. The Morgan fingerprint density at radius 3 is 0.841 bits per heavy atom. The molecule has 0 aliphatic heterocycles. The van der Waals surface area contributed by atoms with E-state index in [-0.39, 0.29) is 31.1 Å². The van der Waals surface area contributed by atoms with E-state index in [1.165, 1.54) is 186 Å². The maximum atomic E-state index is 12.8. The van der Waals surface area contributed by atoms with Crippen molar-refractivity contribution in [2.75, 3.05) is 13.2 Å². The molecule has 63 heavy (non-hydrogen) atoms. The third kappa shape index (κ3) is 50.7. The first kappa shape index (κ1) is 60.9. The minimum atomic E-state index is -0.771. The van der Waals surface area contributed by atoms with Crippen LogP contribution in [0, 0.1) is 0 Å². The molecular formula is C57H106O6. The molecule has 0 fully saturated rings. The van der Waals surface area contributed by atoms with Gasteiger partial charge in [0.1, 0.15) is 13.2 Å². The van der Waals surface area contributed by atoms with Crippen LogP contribution in [0.3, 0.4) is 0 Å². The van der Waals surface area contributed by atoms with Gasteiger partial charge in [0.25, 0.3) is 0 Å². The minimum absolute atomic E-state index is 0.0710. The molecule has 0 aromatic carbocycles. The monoisotopic (exact) mass is 887 g/mol. The molecule has 1 unspecified atom stereocenters. The van der Waals surface area contributed by atoms with E-state index < -0.39 is 6.10 Å². The van der Waals surface area contributed by atoms with Gasteiger partial charge in [0.2, 0.25) is 0 Å². The molecule has 0 rings (SSSR count). The summed E-state index contributed by atoms with van der Waals surface area (Å²) in [7, 11) is 0. The fraction of sp³-hybridized carbons (Fsp3) is 0.877. The first-order valence-corrected chi connectivity index (χ1v) is 27.9. The molecule has 0 spiro atoms. The topological polar surface area (TPSA) is 78.9 Å². The van der Waals surface area contributed by atoms with Crippen LogP contribution in [0.2, 0.25) is 0 Å². The normalized spacial score (nSPS) is 12.1. The van der Waals surface area contributed by atoms with Crippen molar-refractivity contribution < 1.29 is 28.6 Å². The average Bonchev–Trinajstić information content (AvgIpc) is 3.28. The predicted octanol–water partition coefficient (Wildman–Crippen LogP) is 18.3. The summed E-state index contributed by atoms with van der Waals surface area (Å²) in [6.45, 7) is 6.66. The van der Waals surface area contributed by atoms with Gasteiger partial charge in [-0.2, -0.15) is 0 Å². The van der Waals surface area contributed by atoms with Crippen LogP contribution in [0.1, 0.15) is 303 Å². The zero-order valence-electron chi connectivity index (χ0n) is 42.4. The van der Waals surface area contributed by atoms with Gasteiger partial charge < -0.3 is 14.2 Å². The maximum Gasteiger partial charge on any atom is 0.306 e. The largest absolute Gasteiger partial charge is 0.462 e. The van der Waals surface area contributed by atoms with Gasteiger partial charge in [-0.1, -0.05) is 263 Å². The van der Waals surface area contributed by atoms with Crippen LogP contribution in [-0.4, -0.2) is 37.2 Å². The molecule has 370 valence electrons. The van der Waals surface area contributed by atoms with Gasteiger partial charge in [-0.25, -0.2) is 0 Å². The number of unbranched alkanes of at least 4 members (excludes halogenated alkanes) is 37. The summed E-state index contributed by atoms with van der Waals surface area (Å²) in [4.78, 5) is 38.0. The highest BCUT2D eigenvalue weighted by atomic mass is 16.6. The van der Waals surface area contributed by atoms with Crippen molar-refractivity contribution in [2.45, 2.75) is 309 Å². The molecule has 0 amide bonds. The molecule has 0 aromatic rings. The lowest BCUT2D eigenvalue weighted by atomic mass is 10.0. The second-order valence-electron chi connectivity index (χ2n) is 18.9. The minimum Gasteiger partial charge on any atom is -0.462 e. The van der Waals surface area contributed by atoms with Crippen molar-refractivity contribution in [1.29, 1.82) is 0 Å². The number of esters is 3. The molecule has 6 heteroatoms. The summed E-state index contributed by atoms with van der Waals surface area (Å²) in [5.74, 6) is -0.868. The van der Waals surface area contributed by atoms with Crippen LogP contribution >= 0.6 is 0 Å². The molecule has 0 aromatic heterocycles. The maximum absolute atomic E-state index is 12.8. The molecule has 0 aliphatic carbocycles.